The molecular formula is C19H25NO5. The van der Waals surface area contributed by atoms with E-state index in [0.717, 1.165) is 10.5 Å². The van der Waals surface area contributed by atoms with Crippen LogP contribution in [0, 0.1) is 5.41 Å². The standard InChI is InChI=1S/C19H25NO5/c1-4-15(21)19(2,3)16(22)11-17(23)20-14(12-25-18(20)24)10-13-8-6-5-7-9-13/h5-9,14,16,22H,4,10-12H2,1-3H3. The molecule has 0 aliphatic carbocycles. The minimum Gasteiger partial charge on any atom is -0.447 e. The molecule has 2 rings (SSSR count). The lowest BCUT2D eigenvalue weighted by Crippen LogP contribution is -2.45. The van der Waals surface area contributed by atoms with Crippen molar-refractivity contribution in [2.75, 3.05) is 6.61 Å². The number of amides is 2. The van der Waals surface area contributed by atoms with E-state index in [1.54, 1.807) is 20.8 Å². The summed E-state index contributed by atoms with van der Waals surface area (Å²) in [6.45, 7) is 5.07. The van der Waals surface area contributed by atoms with Gasteiger partial charge in [0, 0.05) is 11.8 Å². The number of hydrogen-bond acceptors (Lipinski definition) is 5. The molecule has 6 heteroatoms. The van der Waals surface area contributed by atoms with Gasteiger partial charge in [0.2, 0.25) is 5.91 Å². The monoisotopic (exact) mass is 347 g/mol. The SMILES string of the molecule is CCC(=O)C(C)(C)C(O)CC(=O)N1C(=O)OCC1Cc1ccccc1. The van der Waals surface area contributed by atoms with E-state index in [9.17, 15) is 19.5 Å². The first-order valence-electron chi connectivity index (χ1n) is 8.51. The number of aliphatic hydroxyl groups excluding tert-OH is 1. The van der Waals surface area contributed by atoms with Gasteiger partial charge in [-0.3, -0.25) is 9.59 Å². The van der Waals surface area contributed by atoms with Crippen molar-refractivity contribution >= 4 is 17.8 Å². The molecule has 1 fully saturated rings. The Hall–Kier alpha value is -2.21. The zero-order valence-corrected chi connectivity index (χ0v) is 14.9. The van der Waals surface area contributed by atoms with Crippen molar-refractivity contribution in [2.24, 2.45) is 5.41 Å². The summed E-state index contributed by atoms with van der Waals surface area (Å²) in [5.74, 6) is -0.648. The molecule has 136 valence electrons. The van der Waals surface area contributed by atoms with E-state index in [1.807, 2.05) is 30.3 Å². The highest BCUT2D eigenvalue weighted by Gasteiger charge is 2.41. The number of ether oxygens (including phenoxy) is 1. The lowest BCUT2D eigenvalue weighted by Gasteiger charge is -2.29. The van der Waals surface area contributed by atoms with E-state index in [-0.39, 0.29) is 25.2 Å². The van der Waals surface area contributed by atoms with Crippen molar-refractivity contribution < 1.29 is 24.2 Å². The van der Waals surface area contributed by atoms with Crippen LogP contribution in [-0.2, 0) is 20.7 Å². The molecule has 0 saturated carbocycles. The van der Waals surface area contributed by atoms with Crippen molar-refractivity contribution in [3.05, 3.63) is 35.9 Å². The number of imide groups is 1. The van der Waals surface area contributed by atoms with Crippen LogP contribution in [0.25, 0.3) is 0 Å². The van der Waals surface area contributed by atoms with Gasteiger partial charge < -0.3 is 9.84 Å². The van der Waals surface area contributed by atoms with Crippen molar-refractivity contribution in [2.45, 2.75) is 52.2 Å². The molecule has 1 saturated heterocycles. The zero-order chi connectivity index (χ0) is 18.6. The van der Waals surface area contributed by atoms with E-state index in [4.69, 9.17) is 4.74 Å². The second-order valence-corrected chi connectivity index (χ2v) is 6.90. The lowest BCUT2D eigenvalue weighted by molar-refractivity contribution is -0.138. The second kappa shape index (κ2) is 7.78. The first kappa shape index (κ1) is 19.1. The summed E-state index contributed by atoms with van der Waals surface area (Å²) < 4.78 is 5.02. The molecular weight excluding hydrogens is 322 g/mol. The predicted octanol–water partition coefficient (Wildman–Crippen LogP) is 2.33. The summed E-state index contributed by atoms with van der Waals surface area (Å²) in [7, 11) is 0. The second-order valence-electron chi connectivity index (χ2n) is 6.90. The van der Waals surface area contributed by atoms with Gasteiger partial charge in [-0.1, -0.05) is 51.1 Å². The zero-order valence-electron chi connectivity index (χ0n) is 14.9. The normalized spacial score (nSPS) is 18.8. The predicted molar refractivity (Wildman–Crippen MR) is 91.8 cm³/mol. The Morgan fingerprint density at radius 2 is 1.96 bits per heavy atom. The van der Waals surface area contributed by atoms with E-state index in [1.165, 1.54) is 0 Å². The van der Waals surface area contributed by atoms with Gasteiger partial charge in [0.05, 0.1) is 18.6 Å². The third-order valence-corrected chi connectivity index (χ3v) is 4.78. The number of Topliss-reactive ketones (excluding diaryl/α,β-unsaturated/α-hetero) is 1. The molecule has 0 bridgehead atoms. The summed E-state index contributed by atoms with van der Waals surface area (Å²) in [5.41, 5.74) is -0.0474. The van der Waals surface area contributed by atoms with E-state index < -0.39 is 29.6 Å². The maximum Gasteiger partial charge on any atom is 0.416 e. The van der Waals surface area contributed by atoms with Gasteiger partial charge in [-0.15, -0.1) is 0 Å². The van der Waals surface area contributed by atoms with Crippen LogP contribution in [0.4, 0.5) is 4.79 Å². The largest absolute Gasteiger partial charge is 0.447 e. The van der Waals surface area contributed by atoms with Gasteiger partial charge in [-0.05, 0) is 12.0 Å². The summed E-state index contributed by atoms with van der Waals surface area (Å²) in [5, 5.41) is 10.4. The number of carbonyl (C=O) groups is 3. The summed E-state index contributed by atoms with van der Waals surface area (Å²) in [6.07, 6.45) is -1.37. The topological polar surface area (TPSA) is 83.9 Å². The van der Waals surface area contributed by atoms with Gasteiger partial charge in [-0.25, -0.2) is 9.69 Å². The van der Waals surface area contributed by atoms with Crippen LogP contribution >= 0.6 is 0 Å². The average molecular weight is 347 g/mol. The fourth-order valence-corrected chi connectivity index (χ4v) is 2.96. The highest BCUT2D eigenvalue weighted by atomic mass is 16.6. The molecule has 1 heterocycles. The molecule has 0 radical (unpaired) electrons. The maximum absolute atomic E-state index is 12.6. The van der Waals surface area contributed by atoms with E-state index in [2.05, 4.69) is 0 Å². The van der Waals surface area contributed by atoms with Crippen molar-refractivity contribution in [3.63, 3.8) is 0 Å². The molecule has 1 aromatic rings. The third kappa shape index (κ3) is 4.25. The van der Waals surface area contributed by atoms with Crippen LogP contribution in [0.3, 0.4) is 0 Å². The van der Waals surface area contributed by atoms with Crippen LogP contribution in [0.2, 0.25) is 0 Å². The number of rotatable bonds is 7. The van der Waals surface area contributed by atoms with Gasteiger partial charge in [0.15, 0.2) is 0 Å². The fourth-order valence-electron chi connectivity index (χ4n) is 2.96. The van der Waals surface area contributed by atoms with Crippen LogP contribution in [0.15, 0.2) is 30.3 Å². The molecule has 0 spiro atoms. The van der Waals surface area contributed by atoms with Gasteiger partial charge in [-0.2, -0.15) is 0 Å². The van der Waals surface area contributed by atoms with Crippen LogP contribution in [0.5, 0.6) is 0 Å². The van der Waals surface area contributed by atoms with E-state index >= 15 is 0 Å². The molecule has 0 aromatic heterocycles. The molecule has 1 aromatic carbocycles. The molecule has 1 aliphatic rings. The fraction of sp³-hybridized carbons (Fsp3) is 0.526. The van der Waals surface area contributed by atoms with Gasteiger partial charge in [0.25, 0.3) is 0 Å². The van der Waals surface area contributed by atoms with Crippen LogP contribution < -0.4 is 0 Å². The maximum atomic E-state index is 12.6. The minimum atomic E-state index is -1.15. The lowest BCUT2D eigenvalue weighted by atomic mass is 9.79. The smallest absolute Gasteiger partial charge is 0.416 e. The first-order valence-corrected chi connectivity index (χ1v) is 8.51. The van der Waals surface area contributed by atoms with Crippen LogP contribution in [0.1, 0.15) is 39.2 Å². The Labute approximate surface area is 147 Å². The third-order valence-electron chi connectivity index (χ3n) is 4.78. The van der Waals surface area contributed by atoms with Crippen LogP contribution in [-0.4, -0.2) is 46.5 Å². The number of carbonyl (C=O) groups excluding carboxylic acids is 3. The molecule has 6 nitrogen and oxygen atoms in total. The van der Waals surface area contributed by atoms with Crippen molar-refractivity contribution in [3.8, 4) is 0 Å². The molecule has 2 atom stereocenters. The van der Waals surface area contributed by atoms with Gasteiger partial charge in [0.1, 0.15) is 12.4 Å². The van der Waals surface area contributed by atoms with Crippen molar-refractivity contribution in [1.82, 2.24) is 4.90 Å². The number of hydrogen-bond donors (Lipinski definition) is 1. The quantitative estimate of drug-likeness (QED) is 0.818. The number of benzene rings is 1. The van der Waals surface area contributed by atoms with Crippen molar-refractivity contribution in [1.29, 1.82) is 0 Å². The Kier molecular flexibility index (Phi) is 5.95. The molecule has 2 amide bonds. The molecule has 25 heavy (non-hydrogen) atoms. The molecule has 2 unspecified atom stereocenters. The minimum absolute atomic E-state index is 0.127. The van der Waals surface area contributed by atoms with E-state index in [0.29, 0.717) is 6.42 Å². The number of nitrogens with zero attached hydrogens (tertiary/aromatic N) is 1. The number of ketones is 1. The first-order chi connectivity index (χ1) is 11.8. The number of aliphatic hydroxyl groups is 1. The summed E-state index contributed by atoms with van der Waals surface area (Å²) in [6, 6.07) is 9.11. The number of cyclic esters (lactones) is 1. The highest BCUT2D eigenvalue weighted by Crippen LogP contribution is 2.27. The molecule has 1 N–H and O–H groups in total. The highest BCUT2D eigenvalue weighted by molar-refractivity contribution is 5.94. The average Bonchev–Trinajstić information content (AvgIpc) is 2.95. The van der Waals surface area contributed by atoms with Gasteiger partial charge >= 0.3 is 6.09 Å². The summed E-state index contributed by atoms with van der Waals surface area (Å²) >= 11 is 0. The Bertz CT molecular complexity index is 640. The molecule has 1 aliphatic heterocycles. The summed E-state index contributed by atoms with van der Waals surface area (Å²) in [4.78, 5) is 37.6. The Morgan fingerprint density at radius 3 is 2.56 bits per heavy atom. The Morgan fingerprint density at radius 1 is 1.32 bits per heavy atom. The Balaban J connectivity index is 2.07.